The molecule has 0 spiro atoms. The molecule has 0 heterocycles. The quantitative estimate of drug-likeness (QED) is 0.817. The molecule has 0 unspecified atom stereocenters. The predicted octanol–water partition coefficient (Wildman–Crippen LogP) is 3.13. The summed E-state index contributed by atoms with van der Waals surface area (Å²) in [5.74, 6) is -0.400. The van der Waals surface area contributed by atoms with Gasteiger partial charge in [-0.25, -0.2) is 4.39 Å². The first-order valence-corrected chi connectivity index (χ1v) is 6.37. The van der Waals surface area contributed by atoms with Crippen molar-refractivity contribution in [1.29, 1.82) is 0 Å². The third-order valence-corrected chi connectivity index (χ3v) is 3.25. The molecule has 1 aliphatic rings. The van der Waals surface area contributed by atoms with Crippen LogP contribution in [0.1, 0.15) is 36.5 Å². The molecule has 0 saturated heterocycles. The molecule has 0 aromatic heterocycles. The lowest BCUT2D eigenvalue weighted by atomic mass is 10.2. The third-order valence-electron chi connectivity index (χ3n) is 2.91. The zero-order valence-corrected chi connectivity index (χ0v) is 10.7. The lowest BCUT2D eigenvalue weighted by molar-refractivity contribution is 0.0743. The Morgan fingerprint density at radius 2 is 2.24 bits per heavy atom. The summed E-state index contributed by atoms with van der Waals surface area (Å²) < 4.78 is 13.1. The standard InChI is InChI=1S/C13H16FNOS/c1-2-7-15(10-4-5-10)13(16)9-3-6-11(14)12(17)8-9/h3,6,8,10,17H,2,4-5,7H2,1H3. The maximum atomic E-state index is 13.1. The zero-order valence-electron chi connectivity index (χ0n) is 9.82. The molecule has 2 nitrogen and oxygen atoms in total. The molecule has 1 saturated carbocycles. The minimum absolute atomic E-state index is 0.00958. The van der Waals surface area contributed by atoms with Crippen LogP contribution in [-0.4, -0.2) is 23.4 Å². The van der Waals surface area contributed by atoms with Gasteiger partial charge in [-0.05, 0) is 37.5 Å². The molecular formula is C13H16FNOS. The number of hydrogen-bond donors (Lipinski definition) is 1. The van der Waals surface area contributed by atoms with Gasteiger partial charge in [-0.2, -0.15) is 0 Å². The summed E-state index contributed by atoms with van der Waals surface area (Å²) in [5, 5.41) is 0. The fourth-order valence-electron chi connectivity index (χ4n) is 1.89. The Morgan fingerprint density at radius 1 is 1.53 bits per heavy atom. The van der Waals surface area contributed by atoms with Gasteiger partial charge in [0.25, 0.3) is 5.91 Å². The molecule has 1 aliphatic carbocycles. The van der Waals surface area contributed by atoms with Crippen LogP contribution in [0.5, 0.6) is 0 Å². The lowest BCUT2D eigenvalue weighted by Crippen LogP contribution is -2.33. The molecule has 0 N–H and O–H groups in total. The average molecular weight is 253 g/mol. The molecule has 17 heavy (non-hydrogen) atoms. The van der Waals surface area contributed by atoms with E-state index >= 15 is 0 Å². The van der Waals surface area contributed by atoms with E-state index < -0.39 is 5.82 Å². The molecule has 4 heteroatoms. The van der Waals surface area contributed by atoms with Crippen molar-refractivity contribution in [3.63, 3.8) is 0 Å². The summed E-state index contributed by atoms with van der Waals surface area (Å²) in [6.07, 6.45) is 3.11. The fourth-order valence-corrected chi connectivity index (χ4v) is 2.10. The van der Waals surface area contributed by atoms with Gasteiger partial charge >= 0.3 is 0 Å². The summed E-state index contributed by atoms with van der Waals surface area (Å²) in [5.41, 5.74) is 0.525. The summed E-state index contributed by atoms with van der Waals surface area (Å²) in [7, 11) is 0. The molecule has 0 radical (unpaired) electrons. The molecule has 1 fully saturated rings. The van der Waals surface area contributed by atoms with Crippen LogP contribution in [0.15, 0.2) is 23.1 Å². The number of amides is 1. The fraction of sp³-hybridized carbons (Fsp3) is 0.462. The van der Waals surface area contributed by atoms with Gasteiger partial charge in [-0.3, -0.25) is 4.79 Å². The van der Waals surface area contributed by atoms with Crippen LogP contribution in [0.2, 0.25) is 0 Å². The number of rotatable bonds is 4. The van der Waals surface area contributed by atoms with Crippen molar-refractivity contribution in [2.24, 2.45) is 0 Å². The number of hydrogen-bond acceptors (Lipinski definition) is 2. The van der Waals surface area contributed by atoms with Gasteiger partial charge in [-0.1, -0.05) is 6.92 Å². The maximum absolute atomic E-state index is 13.1. The van der Waals surface area contributed by atoms with E-state index in [2.05, 4.69) is 19.6 Å². The highest BCUT2D eigenvalue weighted by molar-refractivity contribution is 7.80. The molecule has 1 aromatic rings. The van der Waals surface area contributed by atoms with Crippen LogP contribution in [0.25, 0.3) is 0 Å². The van der Waals surface area contributed by atoms with Crippen LogP contribution in [0, 0.1) is 5.82 Å². The second kappa shape index (κ2) is 5.08. The van der Waals surface area contributed by atoms with Crippen molar-refractivity contribution in [3.8, 4) is 0 Å². The highest BCUT2D eigenvalue weighted by atomic mass is 32.1. The topological polar surface area (TPSA) is 20.3 Å². The molecule has 2 rings (SSSR count). The Bertz CT molecular complexity index is 431. The molecular weight excluding hydrogens is 237 g/mol. The number of carbonyl (C=O) groups is 1. The first-order chi connectivity index (χ1) is 8.13. The Morgan fingerprint density at radius 3 is 2.76 bits per heavy atom. The van der Waals surface area contributed by atoms with Gasteiger partial charge in [0.1, 0.15) is 5.82 Å². The van der Waals surface area contributed by atoms with Crippen molar-refractivity contribution in [1.82, 2.24) is 4.90 Å². The van der Waals surface area contributed by atoms with E-state index in [1.54, 1.807) is 0 Å². The Kier molecular flexibility index (Phi) is 3.72. The summed E-state index contributed by atoms with van der Waals surface area (Å²) >= 11 is 4.00. The molecule has 1 aromatic carbocycles. The van der Waals surface area contributed by atoms with Gasteiger partial charge in [0, 0.05) is 23.0 Å². The molecule has 0 bridgehead atoms. The molecule has 0 atom stereocenters. The van der Waals surface area contributed by atoms with Crippen LogP contribution < -0.4 is 0 Å². The molecule has 92 valence electrons. The monoisotopic (exact) mass is 253 g/mol. The van der Waals surface area contributed by atoms with Crippen molar-refractivity contribution >= 4 is 18.5 Å². The van der Waals surface area contributed by atoms with Gasteiger partial charge in [-0.15, -0.1) is 12.6 Å². The number of thiol groups is 1. The van der Waals surface area contributed by atoms with Crippen LogP contribution >= 0.6 is 12.6 Å². The van der Waals surface area contributed by atoms with Crippen molar-refractivity contribution in [2.75, 3.05) is 6.54 Å². The lowest BCUT2D eigenvalue weighted by Gasteiger charge is -2.21. The van der Waals surface area contributed by atoms with E-state index in [4.69, 9.17) is 0 Å². The molecule has 1 amide bonds. The van der Waals surface area contributed by atoms with Gasteiger partial charge in [0.15, 0.2) is 0 Å². The van der Waals surface area contributed by atoms with Gasteiger partial charge in [0.2, 0.25) is 0 Å². The second-order valence-corrected chi connectivity index (χ2v) is 4.88. The first-order valence-electron chi connectivity index (χ1n) is 5.93. The van der Waals surface area contributed by atoms with Crippen LogP contribution in [0.4, 0.5) is 4.39 Å². The highest BCUT2D eigenvalue weighted by Crippen LogP contribution is 2.28. The van der Waals surface area contributed by atoms with Gasteiger partial charge < -0.3 is 4.90 Å². The van der Waals surface area contributed by atoms with E-state index in [1.165, 1.54) is 18.2 Å². The number of carbonyl (C=O) groups excluding carboxylic acids is 1. The summed E-state index contributed by atoms with van der Waals surface area (Å²) in [6.45, 7) is 2.82. The normalized spacial score (nSPS) is 14.8. The Balaban J connectivity index is 2.19. The minimum Gasteiger partial charge on any atom is -0.336 e. The first kappa shape index (κ1) is 12.4. The second-order valence-electron chi connectivity index (χ2n) is 4.40. The van der Waals surface area contributed by atoms with E-state index in [0.29, 0.717) is 11.6 Å². The summed E-state index contributed by atoms with van der Waals surface area (Å²) in [6, 6.07) is 4.72. The van der Waals surface area contributed by atoms with Crippen LogP contribution in [0.3, 0.4) is 0 Å². The number of nitrogens with zero attached hydrogens (tertiary/aromatic N) is 1. The maximum Gasteiger partial charge on any atom is 0.254 e. The SMILES string of the molecule is CCCN(C(=O)c1ccc(F)c(S)c1)C1CC1. The number of halogens is 1. The van der Waals surface area contributed by atoms with E-state index in [-0.39, 0.29) is 10.8 Å². The zero-order chi connectivity index (χ0) is 12.4. The average Bonchev–Trinajstić information content (AvgIpc) is 3.13. The number of benzene rings is 1. The van der Waals surface area contributed by atoms with Crippen molar-refractivity contribution in [3.05, 3.63) is 29.6 Å². The Hall–Kier alpha value is -1.03. The van der Waals surface area contributed by atoms with Gasteiger partial charge in [0.05, 0.1) is 0 Å². The summed E-state index contributed by atoms with van der Waals surface area (Å²) in [4.78, 5) is 14.4. The smallest absolute Gasteiger partial charge is 0.254 e. The largest absolute Gasteiger partial charge is 0.336 e. The van der Waals surface area contributed by atoms with Crippen LogP contribution in [-0.2, 0) is 0 Å². The Labute approximate surface area is 106 Å². The third kappa shape index (κ3) is 2.80. The van der Waals surface area contributed by atoms with Crippen molar-refractivity contribution < 1.29 is 9.18 Å². The molecule has 0 aliphatic heterocycles. The van der Waals surface area contributed by atoms with Crippen molar-refractivity contribution in [2.45, 2.75) is 37.1 Å². The highest BCUT2D eigenvalue weighted by Gasteiger charge is 2.32. The van der Waals surface area contributed by atoms with E-state index in [9.17, 15) is 9.18 Å². The minimum atomic E-state index is -0.390. The predicted molar refractivity (Wildman–Crippen MR) is 68.0 cm³/mol. The van der Waals surface area contributed by atoms with E-state index in [1.807, 2.05) is 4.90 Å². The van der Waals surface area contributed by atoms with E-state index in [0.717, 1.165) is 25.8 Å².